The smallest absolute Gasteiger partial charge is 0.120 e. The first-order valence-corrected chi connectivity index (χ1v) is 5.61. The molecule has 2 heteroatoms. The topological polar surface area (TPSA) is 12.5 Å². The van der Waals surface area contributed by atoms with E-state index in [-0.39, 0.29) is 0 Å². The summed E-state index contributed by atoms with van der Waals surface area (Å²) in [5.41, 5.74) is 1.10. The standard InChI is InChI=1S/C15H19NO/c1-4-5-6-7-8-12-16(2)14-10-9-11-15(13-14)17-3/h4-13H,1-3H3/b5-4-,7-6-,12-8+. The number of allylic oxidation sites excluding steroid dienone is 5. The van der Waals surface area contributed by atoms with Crippen LogP contribution in [0.2, 0.25) is 0 Å². The van der Waals surface area contributed by atoms with Crippen LogP contribution >= 0.6 is 0 Å². The third-order valence-corrected chi connectivity index (χ3v) is 2.30. The first kappa shape index (κ1) is 13.1. The van der Waals surface area contributed by atoms with Gasteiger partial charge in [0.05, 0.1) is 7.11 Å². The average Bonchev–Trinajstić information content (AvgIpc) is 2.38. The van der Waals surface area contributed by atoms with Crippen LogP contribution in [0, 0.1) is 0 Å². The van der Waals surface area contributed by atoms with Gasteiger partial charge in [0.15, 0.2) is 0 Å². The molecule has 0 amide bonds. The molecule has 2 nitrogen and oxygen atoms in total. The van der Waals surface area contributed by atoms with E-state index in [1.807, 2.05) is 79.7 Å². The van der Waals surface area contributed by atoms with Gasteiger partial charge in [-0.05, 0) is 25.1 Å². The van der Waals surface area contributed by atoms with Crippen LogP contribution in [0.25, 0.3) is 0 Å². The molecule has 0 aliphatic carbocycles. The lowest BCUT2D eigenvalue weighted by molar-refractivity contribution is 0.415. The minimum Gasteiger partial charge on any atom is -0.497 e. The second-order valence-corrected chi connectivity index (χ2v) is 3.56. The van der Waals surface area contributed by atoms with Crippen LogP contribution in [0.1, 0.15) is 6.92 Å². The highest BCUT2D eigenvalue weighted by molar-refractivity contribution is 5.52. The maximum Gasteiger partial charge on any atom is 0.120 e. The molecule has 0 heterocycles. The van der Waals surface area contributed by atoms with Crippen LogP contribution < -0.4 is 9.64 Å². The van der Waals surface area contributed by atoms with Gasteiger partial charge in [-0.3, -0.25) is 0 Å². The molecule has 0 bridgehead atoms. The monoisotopic (exact) mass is 229 g/mol. The van der Waals surface area contributed by atoms with Crippen LogP contribution in [-0.2, 0) is 0 Å². The quantitative estimate of drug-likeness (QED) is 0.712. The second kappa shape index (κ2) is 7.34. The molecule has 0 radical (unpaired) electrons. The van der Waals surface area contributed by atoms with Crippen molar-refractivity contribution in [2.24, 2.45) is 0 Å². The Morgan fingerprint density at radius 1 is 1.12 bits per heavy atom. The van der Waals surface area contributed by atoms with Crippen molar-refractivity contribution in [1.82, 2.24) is 0 Å². The van der Waals surface area contributed by atoms with Crippen LogP contribution in [-0.4, -0.2) is 14.2 Å². The van der Waals surface area contributed by atoms with Gasteiger partial charge in [-0.1, -0.05) is 30.4 Å². The Morgan fingerprint density at radius 2 is 1.88 bits per heavy atom. The Balaban J connectivity index is 2.65. The van der Waals surface area contributed by atoms with Gasteiger partial charge in [-0.2, -0.15) is 0 Å². The number of rotatable bonds is 5. The van der Waals surface area contributed by atoms with Gasteiger partial charge in [-0.15, -0.1) is 0 Å². The summed E-state index contributed by atoms with van der Waals surface area (Å²) in [5, 5.41) is 0. The van der Waals surface area contributed by atoms with Crippen molar-refractivity contribution in [1.29, 1.82) is 0 Å². The van der Waals surface area contributed by atoms with Crippen LogP contribution in [0.3, 0.4) is 0 Å². The molecule has 0 saturated carbocycles. The lowest BCUT2D eigenvalue weighted by Crippen LogP contribution is -2.07. The fraction of sp³-hybridized carbons (Fsp3) is 0.200. The number of methoxy groups -OCH3 is 1. The fourth-order valence-corrected chi connectivity index (χ4v) is 1.33. The molecule has 0 spiro atoms. The summed E-state index contributed by atoms with van der Waals surface area (Å²) in [6, 6.07) is 7.96. The first-order chi connectivity index (χ1) is 8.27. The minimum absolute atomic E-state index is 0.868. The molecular weight excluding hydrogens is 210 g/mol. The van der Waals surface area contributed by atoms with E-state index in [0.717, 1.165) is 11.4 Å². The number of nitrogens with zero attached hydrogens (tertiary/aromatic N) is 1. The van der Waals surface area contributed by atoms with Gasteiger partial charge in [0.1, 0.15) is 5.75 Å². The molecule has 90 valence electrons. The van der Waals surface area contributed by atoms with E-state index < -0.39 is 0 Å². The lowest BCUT2D eigenvalue weighted by atomic mass is 10.3. The summed E-state index contributed by atoms with van der Waals surface area (Å²) in [7, 11) is 3.68. The Kier molecular flexibility index (Phi) is 5.66. The predicted molar refractivity (Wildman–Crippen MR) is 74.5 cm³/mol. The molecule has 0 aliphatic heterocycles. The molecular formula is C15H19NO. The summed E-state index contributed by atoms with van der Waals surface area (Å²) in [4.78, 5) is 2.04. The molecule has 17 heavy (non-hydrogen) atoms. The summed E-state index contributed by atoms with van der Waals surface area (Å²) in [6.45, 7) is 2.00. The van der Waals surface area contributed by atoms with Crippen LogP contribution in [0.4, 0.5) is 5.69 Å². The molecule has 0 saturated heterocycles. The highest BCUT2D eigenvalue weighted by Crippen LogP contribution is 2.19. The molecule has 0 atom stereocenters. The zero-order chi connectivity index (χ0) is 12.5. The van der Waals surface area contributed by atoms with Crippen molar-refractivity contribution < 1.29 is 4.74 Å². The molecule has 0 N–H and O–H groups in total. The molecule has 1 rings (SSSR count). The Labute approximate surface area is 104 Å². The van der Waals surface area contributed by atoms with E-state index in [4.69, 9.17) is 4.74 Å². The highest BCUT2D eigenvalue weighted by atomic mass is 16.5. The summed E-state index contributed by atoms with van der Waals surface area (Å²) < 4.78 is 5.19. The molecule has 0 aromatic heterocycles. The molecule has 0 fully saturated rings. The molecule has 0 unspecified atom stereocenters. The summed E-state index contributed by atoms with van der Waals surface area (Å²) >= 11 is 0. The Morgan fingerprint density at radius 3 is 2.59 bits per heavy atom. The van der Waals surface area contributed by atoms with Crippen LogP contribution in [0.15, 0.2) is 60.8 Å². The van der Waals surface area contributed by atoms with E-state index in [0.29, 0.717) is 0 Å². The summed E-state index contributed by atoms with van der Waals surface area (Å²) in [5.74, 6) is 0.868. The number of anilines is 1. The number of ether oxygens (including phenoxy) is 1. The lowest BCUT2D eigenvalue weighted by Gasteiger charge is -2.14. The number of hydrogen-bond donors (Lipinski definition) is 0. The maximum atomic E-state index is 5.19. The maximum absolute atomic E-state index is 5.19. The Bertz CT molecular complexity index is 419. The Hall–Kier alpha value is -1.96. The van der Waals surface area contributed by atoms with Gasteiger partial charge in [0.25, 0.3) is 0 Å². The van der Waals surface area contributed by atoms with Gasteiger partial charge >= 0.3 is 0 Å². The first-order valence-electron chi connectivity index (χ1n) is 5.61. The van der Waals surface area contributed by atoms with E-state index in [2.05, 4.69) is 0 Å². The predicted octanol–water partition coefficient (Wildman–Crippen LogP) is 3.78. The van der Waals surface area contributed by atoms with E-state index in [1.54, 1.807) is 7.11 Å². The third kappa shape index (κ3) is 4.60. The second-order valence-electron chi connectivity index (χ2n) is 3.56. The van der Waals surface area contributed by atoms with Crippen molar-refractivity contribution >= 4 is 5.69 Å². The van der Waals surface area contributed by atoms with Crippen molar-refractivity contribution in [2.45, 2.75) is 6.92 Å². The van der Waals surface area contributed by atoms with Gasteiger partial charge in [0.2, 0.25) is 0 Å². The number of benzene rings is 1. The largest absolute Gasteiger partial charge is 0.497 e. The zero-order valence-electron chi connectivity index (χ0n) is 10.6. The van der Waals surface area contributed by atoms with Gasteiger partial charge in [0, 0.05) is 25.0 Å². The van der Waals surface area contributed by atoms with Crippen molar-refractivity contribution in [3.63, 3.8) is 0 Å². The normalized spacial score (nSPS) is 11.7. The fourth-order valence-electron chi connectivity index (χ4n) is 1.33. The molecule has 1 aromatic carbocycles. The van der Waals surface area contributed by atoms with E-state index in [1.165, 1.54) is 0 Å². The van der Waals surface area contributed by atoms with Gasteiger partial charge < -0.3 is 9.64 Å². The SMILES string of the molecule is C\C=C/C=C\C=C\N(C)c1cccc(OC)c1. The minimum atomic E-state index is 0.868. The van der Waals surface area contributed by atoms with Gasteiger partial charge in [-0.25, -0.2) is 0 Å². The van der Waals surface area contributed by atoms with Crippen molar-refractivity contribution in [3.8, 4) is 5.75 Å². The molecule has 1 aromatic rings. The third-order valence-electron chi connectivity index (χ3n) is 2.30. The highest BCUT2D eigenvalue weighted by Gasteiger charge is 1.97. The van der Waals surface area contributed by atoms with E-state index in [9.17, 15) is 0 Å². The van der Waals surface area contributed by atoms with Crippen molar-refractivity contribution in [2.75, 3.05) is 19.1 Å². The summed E-state index contributed by atoms with van der Waals surface area (Å²) in [6.07, 6.45) is 12.0. The zero-order valence-corrected chi connectivity index (χ0v) is 10.6. The molecule has 0 aliphatic rings. The van der Waals surface area contributed by atoms with Crippen molar-refractivity contribution in [3.05, 3.63) is 60.8 Å². The average molecular weight is 229 g/mol. The van der Waals surface area contributed by atoms with Crippen LogP contribution in [0.5, 0.6) is 5.75 Å². The van der Waals surface area contributed by atoms with E-state index >= 15 is 0 Å². The number of hydrogen-bond acceptors (Lipinski definition) is 2.